The minimum atomic E-state index is -0.0166. The number of methoxy groups -OCH3 is 1. The molecule has 5 heteroatoms. The highest BCUT2D eigenvalue weighted by molar-refractivity contribution is 5.05. The third-order valence-electron chi connectivity index (χ3n) is 2.86. The number of hydrogen-bond acceptors (Lipinski definition) is 5. The number of aromatic nitrogens is 2. The van der Waals surface area contributed by atoms with Crippen LogP contribution in [0.2, 0.25) is 0 Å². The summed E-state index contributed by atoms with van der Waals surface area (Å²) in [5.41, 5.74) is -0.0166. The van der Waals surface area contributed by atoms with Crippen molar-refractivity contribution in [2.45, 2.75) is 31.8 Å². The number of hydrogen-bond donors (Lipinski definition) is 1. The van der Waals surface area contributed by atoms with Gasteiger partial charge in [-0.15, -0.1) is 0 Å². The molecule has 2 rings (SSSR count). The van der Waals surface area contributed by atoms with Crippen LogP contribution >= 0.6 is 0 Å². The van der Waals surface area contributed by atoms with Crippen LogP contribution in [0, 0.1) is 0 Å². The van der Waals surface area contributed by atoms with Gasteiger partial charge in [0.2, 0.25) is 5.89 Å². The largest absolute Gasteiger partial charge is 0.377 e. The van der Waals surface area contributed by atoms with E-state index in [2.05, 4.69) is 22.4 Å². The second kappa shape index (κ2) is 4.28. The van der Waals surface area contributed by atoms with Crippen molar-refractivity contribution < 1.29 is 9.26 Å². The van der Waals surface area contributed by atoms with Gasteiger partial charge in [-0.05, 0) is 26.3 Å². The van der Waals surface area contributed by atoms with E-state index in [4.69, 9.17) is 9.26 Å². The van der Waals surface area contributed by atoms with Crippen LogP contribution in [0.25, 0.3) is 0 Å². The van der Waals surface area contributed by atoms with Crippen molar-refractivity contribution >= 4 is 0 Å². The van der Waals surface area contributed by atoms with Gasteiger partial charge in [-0.3, -0.25) is 0 Å². The monoisotopic (exact) mass is 211 g/mol. The molecule has 0 bridgehead atoms. The average Bonchev–Trinajstić information content (AvgIpc) is 2.69. The van der Waals surface area contributed by atoms with E-state index in [1.54, 1.807) is 7.11 Å². The molecule has 0 saturated carbocycles. The highest BCUT2D eigenvalue weighted by atomic mass is 16.5. The van der Waals surface area contributed by atoms with E-state index in [9.17, 15) is 0 Å². The lowest BCUT2D eigenvalue weighted by atomic mass is 9.83. The van der Waals surface area contributed by atoms with Crippen molar-refractivity contribution in [1.82, 2.24) is 15.5 Å². The summed E-state index contributed by atoms with van der Waals surface area (Å²) < 4.78 is 10.2. The third-order valence-corrected chi connectivity index (χ3v) is 2.86. The van der Waals surface area contributed by atoms with Gasteiger partial charge in [0.15, 0.2) is 5.82 Å². The summed E-state index contributed by atoms with van der Waals surface area (Å²) in [6.45, 7) is 4.55. The zero-order valence-electron chi connectivity index (χ0n) is 9.25. The lowest BCUT2D eigenvalue weighted by Gasteiger charge is -2.30. The molecule has 1 fully saturated rings. The number of nitrogens with zero attached hydrogens (tertiary/aromatic N) is 2. The summed E-state index contributed by atoms with van der Waals surface area (Å²) in [5.74, 6) is 1.35. The Morgan fingerprint density at radius 3 is 3.13 bits per heavy atom. The standard InChI is InChI=1S/C10H17N3O2/c1-10(4-3-5-11-7-10)9-12-8(6-14-2)13-15-9/h11H,3-7H2,1-2H3. The van der Waals surface area contributed by atoms with Crippen molar-refractivity contribution in [3.05, 3.63) is 11.7 Å². The van der Waals surface area contributed by atoms with Gasteiger partial charge in [-0.1, -0.05) is 5.16 Å². The lowest BCUT2D eigenvalue weighted by molar-refractivity contribution is 0.174. The van der Waals surface area contributed by atoms with Gasteiger partial charge >= 0.3 is 0 Å². The molecule has 1 unspecified atom stereocenters. The number of rotatable bonds is 3. The zero-order valence-corrected chi connectivity index (χ0v) is 9.25. The summed E-state index contributed by atoms with van der Waals surface area (Å²) in [6, 6.07) is 0. The van der Waals surface area contributed by atoms with Gasteiger partial charge in [0.05, 0.1) is 5.41 Å². The molecule has 1 aromatic heterocycles. The van der Waals surface area contributed by atoms with Crippen molar-refractivity contribution in [2.24, 2.45) is 0 Å². The number of nitrogens with one attached hydrogen (secondary N) is 1. The molecule has 1 atom stereocenters. The molecule has 0 amide bonds. The predicted octanol–water partition coefficient (Wildman–Crippen LogP) is 0.857. The highest BCUT2D eigenvalue weighted by Crippen LogP contribution is 2.29. The van der Waals surface area contributed by atoms with Crippen LogP contribution in [-0.2, 0) is 16.8 Å². The van der Waals surface area contributed by atoms with Gasteiger partial charge in [0.1, 0.15) is 6.61 Å². The second-order valence-electron chi connectivity index (χ2n) is 4.29. The van der Waals surface area contributed by atoms with Crippen LogP contribution in [0.15, 0.2) is 4.52 Å². The molecule has 2 heterocycles. The molecular formula is C10H17N3O2. The molecule has 1 aliphatic heterocycles. The summed E-state index contributed by atoms with van der Waals surface area (Å²) in [4.78, 5) is 4.35. The molecule has 0 aliphatic carbocycles. The van der Waals surface area contributed by atoms with Crippen molar-refractivity contribution in [3.8, 4) is 0 Å². The first-order valence-electron chi connectivity index (χ1n) is 5.27. The number of ether oxygens (including phenoxy) is 1. The summed E-state index contributed by atoms with van der Waals surface area (Å²) in [6.07, 6.45) is 2.24. The van der Waals surface area contributed by atoms with Crippen LogP contribution in [-0.4, -0.2) is 30.3 Å². The first kappa shape index (κ1) is 10.6. The minimum absolute atomic E-state index is 0.0166. The Bertz CT molecular complexity index is 318. The SMILES string of the molecule is COCc1noc(C2(C)CCCNC2)n1. The fraction of sp³-hybridized carbons (Fsp3) is 0.800. The van der Waals surface area contributed by atoms with Gasteiger partial charge in [-0.25, -0.2) is 0 Å². The Balaban J connectivity index is 2.12. The molecule has 84 valence electrons. The van der Waals surface area contributed by atoms with E-state index < -0.39 is 0 Å². The van der Waals surface area contributed by atoms with E-state index in [0.29, 0.717) is 12.4 Å². The van der Waals surface area contributed by atoms with Crippen molar-refractivity contribution in [3.63, 3.8) is 0 Å². The van der Waals surface area contributed by atoms with Crippen molar-refractivity contribution in [1.29, 1.82) is 0 Å². The van der Waals surface area contributed by atoms with Gasteiger partial charge in [0, 0.05) is 13.7 Å². The van der Waals surface area contributed by atoms with Crippen LogP contribution in [0.5, 0.6) is 0 Å². The van der Waals surface area contributed by atoms with Gasteiger partial charge in [-0.2, -0.15) is 4.98 Å². The Morgan fingerprint density at radius 2 is 2.47 bits per heavy atom. The molecule has 1 N–H and O–H groups in total. The summed E-state index contributed by atoms with van der Waals surface area (Å²) >= 11 is 0. The molecule has 1 aliphatic rings. The summed E-state index contributed by atoms with van der Waals surface area (Å²) in [7, 11) is 1.62. The lowest BCUT2D eigenvalue weighted by Crippen LogP contribution is -2.41. The van der Waals surface area contributed by atoms with E-state index in [1.165, 1.54) is 0 Å². The Hall–Kier alpha value is -0.940. The highest BCUT2D eigenvalue weighted by Gasteiger charge is 2.34. The molecule has 0 aromatic carbocycles. The van der Waals surface area contributed by atoms with E-state index in [0.717, 1.165) is 31.8 Å². The van der Waals surface area contributed by atoms with E-state index in [-0.39, 0.29) is 5.41 Å². The maximum atomic E-state index is 5.28. The zero-order chi connectivity index (χ0) is 10.7. The first-order valence-corrected chi connectivity index (χ1v) is 5.27. The molecular weight excluding hydrogens is 194 g/mol. The topological polar surface area (TPSA) is 60.2 Å². The third kappa shape index (κ3) is 2.18. The predicted molar refractivity (Wildman–Crippen MR) is 54.5 cm³/mol. The fourth-order valence-electron chi connectivity index (χ4n) is 1.93. The van der Waals surface area contributed by atoms with Crippen LogP contribution in [0.1, 0.15) is 31.5 Å². The van der Waals surface area contributed by atoms with Crippen LogP contribution < -0.4 is 5.32 Å². The minimum Gasteiger partial charge on any atom is -0.377 e. The Morgan fingerprint density at radius 1 is 1.60 bits per heavy atom. The fourth-order valence-corrected chi connectivity index (χ4v) is 1.93. The maximum Gasteiger partial charge on any atom is 0.233 e. The summed E-state index contributed by atoms with van der Waals surface area (Å²) in [5, 5.41) is 7.24. The molecule has 0 radical (unpaired) electrons. The number of piperidine rings is 1. The van der Waals surface area contributed by atoms with Crippen molar-refractivity contribution in [2.75, 3.05) is 20.2 Å². The van der Waals surface area contributed by atoms with E-state index in [1.807, 2.05) is 0 Å². The second-order valence-corrected chi connectivity index (χ2v) is 4.29. The van der Waals surface area contributed by atoms with E-state index >= 15 is 0 Å². The Labute approximate surface area is 89.2 Å². The Kier molecular flexibility index (Phi) is 3.02. The smallest absolute Gasteiger partial charge is 0.233 e. The molecule has 1 saturated heterocycles. The molecule has 5 nitrogen and oxygen atoms in total. The normalized spacial score (nSPS) is 26.8. The quantitative estimate of drug-likeness (QED) is 0.803. The average molecular weight is 211 g/mol. The van der Waals surface area contributed by atoms with Crippen LogP contribution in [0.3, 0.4) is 0 Å². The van der Waals surface area contributed by atoms with Gasteiger partial charge in [0.25, 0.3) is 0 Å². The van der Waals surface area contributed by atoms with Crippen LogP contribution in [0.4, 0.5) is 0 Å². The molecule has 0 spiro atoms. The van der Waals surface area contributed by atoms with Gasteiger partial charge < -0.3 is 14.6 Å². The molecule has 1 aromatic rings. The maximum absolute atomic E-state index is 5.28. The molecule has 15 heavy (non-hydrogen) atoms. The first-order chi connectivity index (χ1) is 7.24.